The van der Waals surface area contributed by atoms with Crippen molar-refractivity contribution in [2.75, 3.05) is 0 Å². The van der Waals surface area contributed by atoms with Crippen LogP contribution in [0.4, 0.5) is 11.4 Å². The number of ketones is 3. The summed E-state index contributed by atoms with van der Waals surface area (Å²) < 4.78 is 0. The number of Topliss-reactive ketones (excluding diaryl/α,β-unsaturated/α-hetero) is 1. The number of carbonyl (C=O) groups excluding carboxylic acids is 3. The maximum absolute atomic E-state index is 13.0. The van der Waals surface area contributed by atoms with E-state index in [9.17, 15) is 44.8 Å². The first-order valence-corrected chi connectivity index (χ1v) is 7.65. The lowest BCUT2D eigenvalue weighted by Gasteiger charge is -2.21. The summed E-state index contributed by atoms with van der Waals surface area (Å²) in [6.07, 6.45) is 0. The number of benzene rings is 2. The van der Waals surface area contributed by atoms with Gasteiger partial charge in [-0.1, -0.05) is 0 Å². The molecule has 0 spiro atoms. The molecule has 2 aromatic carbocycles. The lowest BCUT2D eigenvalue weighted by atomic mass is 9.78. The largest absolute Gasteiger partial charge is 0.507 e. The second-order valence-corrected chi connectivity index (χ2v) is 6.03. The van der Waals surface area contributed by atoms with E-state index in [1.54, 1.807) is 0 Å². The van der Waals surface area contributed by atoms with Crippen molar-refractivity contribution in [3.63, 3.8) is 0 Å². The molecule has 0 unspecified atom stereocenters. The summed E-state index contributed by atoms with van der Waals surface area (Å²) >= 11 is 0. The van der Waals surface area contributed by atoms with Crippen LogP contribution < -0.4 is 0 Å². The van der Waals surface area contributed by atoms with Gasteiger partial charge in [-0.15, -0.1) is 0 Å². The van der Waals surface area contributed by atoms with Crippen molar-refractivity contribution < 1.29 is 34.4 Å². The Morgan fingerprint density at radius 1 is 0.929 bits per heavy atom. The fraction of sp³-hybridized carbons (Fsp3) is 0.118. The normalized spacial score (nSPS) is 12.4. The summed E-state index contributed by atoms with van der Waals surface area (Å²) in [4.78, 5) is 58.5. The number of nitrogens with zero attached hydrogens (tertiary/aromatic N) is 2. The Morgan fingerprint density at radius 2 is 1.50 bits per heavy atom. The molecule has 0 atom stereocenters. The van der Waals surface area contributed by atoms with Gasteiger partial charge in [-0.3, -0.25) is 34.6 Å². The second kappa shape index (κ2) is 5.94. The van der Waals surface area contributed by atoms with E-state index in [-0.39, 0.29) is 5.56 Å². The van der Waals surface area contributed by atoms with E-state index in [2.05, 4.69) is 0 Å². The van der Waals surface area contributed by atoms with Crippen molar-refractivity contribution in [3.05, 3.63) is 65.7 Å². The highest BCUT2D eigenvalue weighted by Crippen LogP contribution is 2.46. The number of nitro benzene ring substituents is 2. The molecule has 0 aliphatic heterocycles. The van der Waals surface area contributed by atoms with Crippen molar-refractivity contribution in [3.8, 4) is 11.5 Å². The van der Waals surface area contributed by atoms with Crippen molar-refractivity contribution in [1.82, 2.24) is 0 Å². The highest BCUT2D eigenvalue weighted by atomic mass is 16.6. The maximum Gasteiger partial charge on any atom is 0.323 e. The van der Waals surface area contributed by atoms with Crippen LogP contribution in [0.5, 0.6) is 11.5 Å². The van der Waals surface area contributed by atoms with Gasteiger partial charge in [0.25, 0.3) is 5.69 Å². The van der Waals surface area contributed by atoms with E-state index in [0.29, 0.717) is 0 Å². The van der Waals surface area contributed by atoms with Gasteiger partial charge in [0.05, 0.1) is 21.0 Å². The van der Waals surface area contributed by atoms with Crippen LogP contribution in [0.25, 0.3) is 0 Å². The number of phenolic OH excluding ortho intramolecular Hbond substituents is 2. The molecule has 0 saturated heterocycles. The van der Waals surface area contributed by atoms with Crippen molar-refractivity contribution >= 4 is 28.7 Å². The minimum absolute atomic E-state index is 0.208. The Hall–Kier alpha value is -4.15. The number of hydrogen-bond acceptors (Lipinski definition) is 9. The number of phenols is 2. The maximum atomic E-state index is 13.0. The van der Waals surface area contributed by atoms with Crippen molar-refractivity contribution in [2.45, 2.75) is 13.8 Å². The number of hydrogen-bond donors (Lipinski definition) is 2. The second-order valence-electron chi connectivity index (χ2n) is 6.03. The highest BCUT2D eigenvalue weighted by Gasteiger charge is 2.45. The minimum atomic E-state index is -1.28. The van der Waals surface area contributed by atoms with Crippen LogP contribution in [0.3, 0.4) is 0 Å². The first-order valence-electron chi connectivity index (χ1n) is 7.65. The van der Waals surface area contributed by atoms with E-state index >= 15 is 0 Å². The van der Waals surface area contributed by atoms with E-state index < -0.39 is 77.9 Å². The number of carbonyl (C=O) groups is 3. The molecule has 11 heteroatoms. The average Bonchev–Trinajstić information content (AvgIpc) is 2.57. The van der Waals surface area contributed by atoms with Crippen LogP contribution in [0.2, 0.25) is 0 Å². The fourth-order valence-electron chi connectivity index (χ4n) is 3.40. The molecule has 1 aliphatic rings. The van der Waals surface area contributed by atoms with Gasteiger partial charge in [0.15, 0.2) is 11.6 Å². The Morgan fingerprint density at radius 3 is 2.00 bits per heavy atom. The predicted octanol–water partition coefficient (Wildman–Crippen LogP) is 2.20. The summed E-state index contributed by atoms with van der Waals surface area (Å²) in [5.74, 6) is -5.03. The molecule has 0 fully saturated rings. The summed E-state index contributed by atoms with van der Waals surface area (Å²) in [6, 6.07) is 1.63. The Labute approximate surface area is 155 Å². The molecular formula is C17H10N2O9. The molecule has 11 nitrogen and oxygen atoms in total. The molecule has 0 heterocycles. The monoisotopic (exact) mass is 386 g/mol. The summed E-state index contributed by atoms with van der Waals surface area (Å²) in [7, 11) is 0. The van der Waals surface area contributed by atoms with Gasteiger partial charge in [-0.05, 0) is 25.5 Å². The third kappa shape index (κ3) is 2.26. The van der Waals surface area contributed by atoms with Crippen LogP contribution in [0.15, 0.2) is 12.1 Å². The van der Waals surface area contributed by atoms with Gasteiger partial charge in [-0.2, -0.15) is 0 Å². The zero-order chi connectivity index (χ0) is 21.1. The van der Waals surface area contributed by atoms with Crippen LogP contribution in [-0.2, 0) is 0 Å². The Balaban J connectivity index is 2.58. The summed E-state index contributed by atoms with van der Waals surface area (Å²) in [6.45, 7) is 2.20. The molecule has 2 N–H and O–H groups in total. The number of fused-ring (bicyclic) bond motifs is 2. The third-order valence-electron chi connectivity index (χ3n) is 4.50. The van der Waals surface area contributed by atoms with Gasteiger partial charge in [0.1, 0.15) is 16.9 Å². The predicted molar refractivity (Wildman–Crippen MR) is 91.1 cm³/mol. The molecule has 2 aromatic rings. The standard InChI is InChI=1S/C17H10N2O9/c1-5-9(6(2)20)17(24)14(19(27)28)13-10(5)15(22)12-8(21)4-3-7(18(25)26)11(12)16(13)23/h3-4,21,24H,1-2H3. The molecule has 0 radical (unpaired) electrons. The third-order valence-corrected chi connectivity index (χ3v) is 4.50. The number of aromatic hydroxyl groups is 2. The Bertz CT molecular complexity index is 1160. The molecule has 0 amide bonds. The highest BCUT2D eigenvalue weighted by molar-refractivity contribution is 6.33. The van der Waals surface area contributed by atoms with Crippen molar-refractivity contribution in [2.24, 2.45) is 0 Å². The van der Waals surface area contributed by atoms with Gasteiger partial charge < -0.3 is 10.2 Å². The quantitative estimate of drug-likeness (QED) is 0.388. The van der Waals surface area contributed by atoms with Gasteiger partial charge in [0, 0.05) is 11.6 Å². The molecule has 28 heavy (non-hydrogen) atoms. The molecule has 142 valence electrons. The summed E-state index contributed by atoms with van der Waals surface area (Å²) in [5.41, 5.74) is -5.71. The first-order chi connectivity index (χ1) is 13.0. The van der Waals surface area contributed by atoms with E-state index in [1.807, 2.05) is 0 Å². The zero-order valence-electron chi connectivity index (χ0n) is 14.3. The topological polar surface area (TPSA) is 178 Å². The van der Waals surface area contributed by atoms with Crippen LogP contribution in [0, 0.1) is 27.2 Å². The molecule has 3 rings (SSSR count). The Kier molecular flexibility index (Phi) is 3.95. The molecule has 1 aliphatic carbocycles. The fourth-order valence-corrected chi connectivity index (χ4v) is 3.40. The number of nitro groups is 2. The van der Waals surface area contributed by atoms with Crippen LogP contribution in [0.1, 0.15) is 54.7 Å². The average molecular weight is 386 g/mol. The zero-order valence-corrected chi connectivity index (χ0v) is 14.3. The van der Waals surface area contributed by atoms with Crippen LogP contribution >= 0.6 is 0 Å². The van der Waals surface area contributed by atoms with Gasteiger partial charge in [-0.25, -0.2) is 0 Å². The molecule has 0 bridgehead atoms. The van der Waals surface area contributed by atoms with E-state index in [1.165, 1.54) is 6.92 Å². The van der Waals surface area contributed by atoms with Gasteiger partial charge in [0.2, 0.25) is 11.5 Å². The lowest BCUT2D eigenvalue weighted by Crippen LogP contribution is -2.26. The van der Waals surface area contributed by atoms with Crippen LogP contribution in [-0.4, -0.2) is 37.4 Å². The summed E-state index contributed by atoms with van der Waals surface area (Å²) in [5, 5.41) is 43.1. The molecule has 0 saturated carbocycles. The SMILES string of the molecule is CC(=O)c1c(C)c2c(c([N+](=O)[O-])c1O)C(=O)c1c([N+](=O)[O-])ccc(O)c1C2=O. The molecular weight excluding hydrogens is 376 g/mol. The van der Waals surface area contributed by atoms with Crippen molar-refractivity contribution in [1.29, 1.82) is 0 Å². The van der Waals surface area contributed by atoms with Gasteiger partial charge >= 0.3 is 5.69 Å². The molecule has 0 aromatic heterocycles. The first kappa shape index (κ1) is 18.6. The smallest absolute Gasteiger partial charge is 0.323 e. The number of rotatable bonds is 3. The van der Waals surface area contributed by atoms with E-state index in [0.717, 1.165) is 19.1 Å². The van der Waals surface area contributed by atoms with E-state index in [4.69, 9.17) is 0 Å². The minimum Gasteiger partial charge on any atom is -0.507 e. The lowest BCUT2D eigenvalue weighted by molar-refractivity contribution is -0.386.